The summed E-state index contributed by atoms with van der Waals surface area (Å²) in [6, 6.07) is 54.3. The van der Waals surface area contributed by atoms with Gasteiger partial charge in [0.05, 0.1) is 26.3 Å². The number of benzene rings is 8. The summed E-state index contributed by atoms with van der Waals surface area (Å²) in [5.74, 6) is 0. The molecule has 0 aliphatic carbocycles. The summed E-state index contributed by atoms with van der Waals surface area (Å²) in [5.41, 5.74) is 5.17. The van der Waals surface area contributed by atoms with Crippen molar-refractivity contribution in [1.82, 2.24) is 0 Å². The van der Waals surface area contributed by atoms with Crippen molar-refractivity contribution < 1.29 is 4.21 Å². The second-order valence-corrected chi connectivity index (χ2v) is 16.1. The maximum absolute atomic E-state index is 15.1. The molecule has 2 aromatic heterocycles. The van der Waals surface area contributed by atoms with Crippen molar-refractivity contribution in [2.75, 3.05) is 4.90 Å². The summed E-state index contributed by atoms with van der Waals surface area (Å²) in [5, 5.41) is 9.52. The second-order valence-electron chi connectivity index (χ2n) is 12.6. The second kappa shape index (κ2) is 10.3. The molecule has 1 atom stereocenters. The van der Waals surface area contributed by atoms with E-state index in [2.05, 4.69) is 157 Å². The molecule has 0 saturated heterocycles. The summed E-state index contributed by atoms with van der Waals surface area (Å²) in [6.45, 7) is 0. The van der Waals surface area contributed by atoms with Gasteiger partial charge >= 0.3 is 0 Å². The monoisotopic (exact) mass is 679 g/mol. The van der Waals surface area contributed by atoms with Crippen LogP contribution >= 0.6 is 22.7 Å². The summed E-state index contributed by atoms with van der Waals surface area (Å²) < 4.78 is 20.2. The lowest BCUT2D eigenvalue weighted by Crippen LogP contribution is -2.12. The molecule has 10 aromatic rings. The number of anilines is 3. The van der Waals surface area contributed by atoms with Gasteiger partial charge in [-0.3, -0.25) is 0 Å². The average molecular weight is 680 g/mol. The van der Waals surface area contributed by atoms with Crippen molar-refractivity contribution in [3.05, 3.63) is 152 Å². The Hall–Kier alpha value is -5.33. The van der Waals surface area contributed by atoms with E-state index in [0.29, 0.717) is 0 Å². The van der Waals surface area contributed by atoms with E-state index >= 15 is 4.21 Å². The molecule has 5 heteroatoms. The largest absolute Gasteiger partial charge is 0.309 e. The van der Waals surface area contributed by atoms with E-state index < -0.39 is 10.8 Å². The molecule has 0 fully saturated rings. The molecule has 49 heavy (non-hydrogen) atoms. The molecule has 0 saturated carbocycles. The highest BCUT2D eigenvalue weighted by Gasteiger charge is 2.34. The Morgan fingerprint density at radius 3 is 1.51 bits per heavy atom. The Morgan fingerprint density at radius 2 is 0.898 bits per heavy atom. The lowest BCUT2D eigenvalue weighted by atomic mass is 9.93. The van der Waals surface area contributed by atoms with Gasteiger partial charge in [0.25, 0.3) is 0 Å². The third kappa shape index (κ3) is 3.89. The predicted octanol–water partition coefficient (Wildman–Crippen LogP) is 13.3. The van der Waals surface area contributed by atoms with Crippen LogP contribution in [0.3, 0.4) is 0 Å². The molecule has 1 aliphatic heterocycles. The molecule has 0 radical (unpaired) electrons. The zero-order chi connectivity index (χ0) is 32.2. The van der Waals surface area contributed by atoms with Gasteiger partial charge in [-0.15, -0.1) is 22.7 Å². The average Bonchev–Trinajstić information content (AvgIpc) is 3.81. The molecule has 8 aromatic carbocycles. The van der Waals surface area contributed by atoms with Gasteiger partial charge in [0.1, 0.15) is 0 Å². The molecule has 0 bridgehead atoms. The number of rotatable bonds is 3. The third-order valence-electron chi connectivity index (χ3n) is 10.00. The van der Waals surface area contributed by atoms with Gasteiger partial charge in [-0.1, -0.05) is 97.1 Å². The van der Waals surface area contributed by atoms with Gasteiger partial charge in [0.2, 0.25) is 0 Å². The maximum Gasteiger partial charge on any atom is 0.0890 e. The quantitative estimate of drug-likeness (QED) is 0.173. The van der Waals surface area contributed by atoms with E-state index in [9.17, 15) is 0 Å². The lowest BCUT2D eigenvalue weighted by molar-refractivity contribution is 0.685. The van der Waals surface area contributed by atoms with Gasteiger partial charge in [0.15, 0.2) is 0 Å². The molecular weight excluding hydrogens is 655 g/mol. The zero-order valence-electron chi connectivity index (χ0n) is 26.0. The number of thiophene rings is 2. The molecule has 3 heterocycles. The molecule has 1 unspecified atom stereocenters. The highest BCUT2D eigenvalue weighted by molar-refractivity contribution is 7.86. The fourth-order valence-electron chi connectivity index (χ4n) is 7.90. The van der Waals surface area contributed by atoms with E-state index in [4.69, 9.17) is 0 Å². The van der Waals surface area contributed by atoms with Crippen molar-refractivity contribution in [3.8, 4) is 11.1 Å². The van der Waals surface area contributed by atoms with E-state index in [0.717, 1.165) is 54.1 Å². The first kappa shape index (κ1) is 27.6. The Labute approximate surface area is 292 Å². The van der Waals surface area contributed by atoms with Crippen molar-refractivity contribution in [3.63, 3.8) is 0 Å². The van der Waals surface area contributed by atoms with Crippen LogP contribution in [-0.2, 0) is 10.8 Å². The van der Waals surface area contributed by atoms with Gasteiger partial charge in [-0.25, -0.2) is 4.21 Å². The van der Waals surface area contributed by atoms with Gasteiger partial charge < -0.3 is 4.90 Å². The molecule has 2 nitrogen and oxygen atoms in total. The molecule has 0 spiro atoms. The number of hydrogen-bond acceptors (Lipinski definition) is 4. The lowest BCUT2D eigenvalue weighted by Gasteiger charge is -2.27. The predicted molar refractivity (Wildman–Crippen MR) is 212 cm³/mol. The zero-order valence-corrected chi connectivity index (χ0v) is 28.5. The van der Waals surface area contributed by atoms with Crippen molar-refractivity contribution in [2.24, 2.45) is 0 Å². The van der Waals surface area contributed by atoms with E-state index in [1.54, 1.807) is 0 Å². The van der Waals surface area contributed by atoms with Gasteiger partial charge in [-0.2, -0.15) is 0 Å². The summed E-state index contributed by atoms with van der Waals surface area (Å²) in [4.78, 5) is 4.12. The highest BCUT2D eigenvalue weighted by Crippen LogP contribution is 2.54. The van der Waals surface area contributed by atoms with E-state index in [1.165, 1.54) is 45.7 Å². The molecule has 1 aliphatic rings. The summed E-state index contributed by atoms with van der Waals surface area (Å²) >= 11 is 3.65. The van der Waals surface area contributed by atoms with E-state index in [1.807, 2.05) is 22.7 Å². The van der Waals surface area contributed by atoms with Crippen LogP contribution in [0.15, 0.2) is 161 Å². The summed E-state index contributed by atoms with van der Waals surface area (Å²) in [6.07, 6.45) is 0. The van der Waals surface area contributed by atoms with Gasteiger partial charge in [0, 0.05) is 62.8 Å². The first-order valence-electron chi connectivity index (χ1n) is 16.3. The van der Waals surface area contributed by atoms with Crippen LogP contribution < -0.4 is 4.90 Å². The standard InChI is InChI=1S/C44H25NOS3/c46-49-43-34(42-32-14-3-1-10-28(32)29-11-2-4-15-33(29)44(42)49)16-9-17-37(43)45(26-20-22-40-35(24-26)30-12-5-7-18-38(30)47-40)27-21-23-41-36(25-27)31-13-6-8-19-39(31)48-41/h1-25H. The minimum atomic E-state index is -1.40. The minimum Gasteiger partial charge on any atom is -0.309 e. The van der Waals surface area contributed by atoms with Crippen LogP contribution in [0.5, 0.6) is 0 Å². The first-order chi connectivity index (χ1) is 24.2. The van der Waals surface area contributed by atoms with Crippen LogP contribution in [-0.4, -0.2) is 4.21 Å². The number of hydrogen-bond donors (Lipinski definition) is 0. The van der Waals surface area contributed by atoms with Gasteiger partial charge in [-0.05, 0) is 76.1 Å². The molecule has 0 amide bonds. The van der Waals surface area contributed by atoms with Crippen LogP contribution in [0.1, 0.15) is 0 Å². The normalized spacial score (nSPS) is 14.0. The third-order valence-corrected chi connectivity index (χ3v) is 13.9. The molecule has 0 N–H and O–H groups in total. The van der Waals surface area contributed by atoms with Crippen LogP contribution in [0.25, 0.3) is 73.0 Å². The molecule has 11 rings (SSSR count). The van der Waals surface area contributed by atoms with E-state index in [-0.39, 0.29) is 0 Å². The number of nitrogens with zero attached hydrogens (tertiary/aromatic N) is 1. The Balaban J connectivity index is 1.22. The summed E-state index contributed by atoms with van der Waals surface area (Å²) in [7, 11) is -1.40. The van der Waals surface area contributed by atoms with Crippen LogP contribution in [0.4, 0.5) is 17.1 Å². The maximum atomic E-state index is 15.1. The smallest absolute Gasteiger partial charge is 0.0890 e. The Bertz CT molecular complexity index is 2930. The number of fused-ring (bicyclic) bond motifs is 14. The molecule has 230 valence electrons. The Morgan fingerprint density at radius 1 is 0.408 bits per heavy atom. The Kier molecular flexibility index (Phi) is 5.82. The fraction of sp³-hybridized carbons (Fsp3) is 0. The SMILES string of the molecule is O=S1c2c(cccc2N(c2ccc3sc4ccccc4c3c2)c2ccc3sc4ccccc4c3c2)-c2c1c1ccccc1c1ccccc21. The minimum absolute atomic E-state index is 0.865. The highest BCUT2D eigenvalue weighted by atomic mass is 32.2. The van der Waals surface area contributed by atoms with Crippen molar-refractivity contribution in [2.45, 2.75) is 9.79 Å². The van der Waals surface area contributed by atoms with Crippen molar-refractivity contribution >= 4 is 112 Å². The molecular formula is C44H25NOS3. The fourth-order valence-corrected chi connectivity index (χ4v) is 11.8. The van der Waals surface area contributed by atoms with Crippen LogP contribution in [0, 0.1) is 0 Å². The van der Waals surface area contributed by atoms with Crippen LogP contribution in [0.2, 0.25) is 0 Å². The van der Waals surface area contributed by atoms with Crippen molar-refractivity contribution in [1.29, 1.82) is 0 Å². The topological polar surface area (TPSA) is 20.3 Å². The first-order valence-corrected chi connectivity index (χ1v) is 19.1.